The first-order valence-electron chi connectivity index (χ1n) is 4.85. The van der Waals surface area contributed by atoms with Crippen molar-refractivity contribution in [1.29, 1.82) is 0 Å². The molecule has 1 saturated heterocycles. The largest absolute Gasteiger partial charge is 0.394 e. The number of halogens is 1. The molecule has 1 atom stereocenters. The molecular formula is C8H11FN4O3S. The van der Waals surface area contributed by atoms with Gasteiger partial charge in [0.05, 0.1) is 11.4 Å². The van der Waals surface area contributed by atoms with E-state index in [1.165, 1.54) is 0 Å². The highest BCUT2D eigenvalue weighted by Crippen LogP contribution is 2.29. The zero-order chi connectivity index (χ0) is 12.8. The third kappa shape index (κ3) is 1.97. The maximum absolute atomic E-state index is 12.8. The van der Waals surface area contributed by atoms with Crippen molar-refractivity contribution in [3.8, 4) is 0 Å². The van der Waals surface area contributed by atoms with Crippen LogP contribution in [0.2, 0.25) is 0 Å². The van der Waals surface area contributed by atoms with Crippen molar-refractivity contribution in [1.82, 2.24) is 10.2 Å². The molecule has 0 saturated carbocycles. The lowest BCUT2D eigenvalue weighted by molar-refractivity contribution is -0.117. The number of hydrogen-bond donors (Lipinski definition) is 2. The predicted molar refractivity (Wildman–Crippen MR) is 58.5 cm³/mol. The van der Waals surface area contributed by atoms with E-state index >= 15 is 0 Å². The van der Waals surface area contributed by atoms with E-state index in [1.54, 1.807) is 6.92 Å². The molecule has 0 spiro atoms. The number of anilines is 2. The Morgan fingerprint density at radius 3 is 2.65 bits per heavy atom. The lowest BCUT2D eigenvalue weighted by atomic mass is 10.4. The van der Waals surface area contributed by atoms with Crippen LogP contribution in [0.1, 0.15) is 12.1 Å². The second-order valence-electron chi connectivity index (χ2n) is 3.89. The van der Waals surface area contributed by atoms with Gasteiger partial charge in [-0.05, 0) is 6.92 Å². The van der Waals surface area contributed by atoms with Crippen molar-refractivity contribution in [2.75, 3.05) is 17.2 Å². The van der Waals surface area contributed by atoms with Gasteiger partial charge in [0.1, 0.15) is 5.25 Å². The fourth-order valence-electron chi connectivity index (χ4n) is 1.70. The summed E-state index contributed by atoms with van der Waals surface area (Å²) in [5.41, 5.74) is 6.50. The third-order valence-electron chi connectivity index (χ3n) is 2.72. The average Bonchev–Trinajstić information content (AvgIpc) is 2.72. The summed E-state index contributed by atoms with van der Waals surface area (Å²) in [5, 5.41) is 5.04. The first kappa shape index (κ1) is 11.8. The smallest absolute Gasteiger partial charge is 0.307 e. The van der Waals surface area contributed by atoms with Crippen LogP contribution in [0.4, 0.5) is 15.4 Å². The number of hydrogen-bond acceptors (Lipinski definition) is 5. The number of rotatable bonds is 2. The zero-order valence-corrected chi connectivity index (χ0v) is 9.79. The van der Waals surface area contributed by atoms with Gasteiger partial charge in [0.2, 0.25) is 5.91 Å². The van der Waals surface area contributed by atoms with Crippen LogP contribution >= 0.6 is 0 Å². The molecule has 7 nitrogen and oxygen atoms in total. The molecule has 1 aliphatic heterocycles. The molecule has 17 heavy (non-hydrogen) atoms. The van der Waals surface area contributed by atoms with Gasteiger partial charge in [0.15, 0.2) is 5.82 Å². The van der Waals surface area contributed by atoms with Gasteiger partial charge in [0, 0.05) is 13.0 Å². The number of carbonyl (C=O) groups excluding carboxylic acids is 1. The lowest BCUT2D eigenvalue weighted by Gasteiger charge is -2.13. The van der Waals surface area contributed by atoms with Crippen molar-refractivity contribution in [3.05, 3.63) is 5.69 Å². The van der Waals surface area contributed by atoms with E-state index in [1.807, 2.05) is 0 Å². The number of nitrogens with two attached hydrogens (primary N) is 1. The number of nitrogens with one attached hydrogen (secondary N) is 1. The molecule has 1 unspecified atom stereocenters. The SMILES string of the molecule is Cc1[nH]nc(N2CC(S(=O)(=O)F)CC2=O)c1N. The molecule has 2 heterocycles. The summed E-state index contributed by atoms with van der Waals surface area (Å²) in [7, 11) is -4.72. The normalized spacial score (nSPS) is 21.2. The molecule has 1 aromatic heterocycles. The van der Waals surface area contributed by atoms with Crippen molar-refractivity contribution in [2.45, 2.75) is 18.6 Å². The second kappa shape index (κ2) is 3.69. The molecule has 2 rings (SSSR count). The maximum atomic E-state index is 12.8. The van der Waals surface area contributed by atoms with Crippen LogP contribution in [0.15, 0.2) is 0 Å². The van der Waals surface area contributed by atoms with Gasteiger partial charge in [-0.1, -0.05) is 0 Å². The second-order valence-corrected chi connectivity index (χ2v) is 5.51. The van der Waals surface area contributed by atoms with Crippen molar-refractivity contribution in [2.24, 2.45) is 0 Å². The van der Waals surface area contributed by atoms with Crippen LogP contribution in [0.3, 0.4) is 0 Å². The van der Waals surface area contributed by atoms with Crippen LogP contribution in [0.25, 0.3) is 0 Å². The van der Waals surface area contributed by atoms with E-state index in [4.69, 9.17) is 5.73 Å². The fraction of sp³-hybridized carbons (Fsp3) is 0.500. The minimum atomic E-state index is -4.72. The fourth-order valence-corrected chi connectivity index (χ4v) is 2.37. The number of nitrogens with zero attached hydrogens (tertiary/aromatic N) is 2. The predicted octanol–water partition coefficient (Wildman–Crippen LogP) is -0.295. The number of aromatic amines is 1. The number of carbonyl (C=O) groups is 1. The topological polar surface area (TPSA) is 109 Å². The molecular weight excluding hydrogens is 251 g/mol. The molecule has 9 heteroatoms. The minimum Gasteiger partial charge on any atom is -0.394 e. The molecule has 1 aliphatic rings. The summed E-state index contributed by atoms with van der Waals surface area (Å²) in [5.74, 6) is -0.354. The molecule has 0 radical (unpaired) electrons. The van der Waals surface area contributed by atoms with Crippen LogP contribution in [-0.2, 0) is 15.0 Å². The third-order valence-corrected chi connectivity index (χ3v) is 3.83. The van der Waals surface area contributed by atoms with E-state index in [2.05, 4.69) is 10.2 Å². The summed E-state index contributed by atoms with van der Waals surface area (Å²) >= 11 is 0. The van der Waals surface area contributed by atoms with Gasteiger partial charge in [-0.3, -0.25) is 14.8 Å². The van der Waals surface area contributed by atoms with Gasteiger partial charge >= 0.3 is 10.2 Å². The van der Waals surface area contributed by atoms with Crippen LogP contribution in [0.5, 0.6) is 0 Å². The standard InChI is InChI=1S/C8H11FN4O3S/c1-4-7(10)8(12-11-4)13-3-5(2-6(13)14)17(9,15)16/h5H,2-3,10H2,1H3,(H,11,12). The summed E-state index contributed by atoms with van der Waals surface area (Å²) in [6, 6.07) is 0. The summed E-state index contributed by atoms with van der Waals surface area (Å²) in [4.78, 5) is 12.7. The molecule has 0 aliphatic carbocycles. The number of aromatic nitrogens is 2. The highest BCUT2D eigenvalue weighted by atomic mass is 32.3. The molecule has 1 fully saturated rings. The molecule has 1 aromatic rings. The Kier molecular flexibility index (Phi) is 2.57. The van der Waals surface area contributed by atoms with E-state index < -0.39 is 21.4 Å². The number of H-pyrrole nitrogens is 1. The Morgan fingerprint density at radius 1 is 1.59 bits per heavy atom. The Morgan fingerprint density at radius 2 is 2.24 bits per heavy atom. The minimum absolute atomic E-state index is 0.152. The van der Waals surface area contributed by atoms with Gasteiger partial charge in [-0.25, -0.2) is 0 Å². The Labute approximate surface area is 97.0 Å². The molecule has 0 aromatic carbocycles. The summed E-state index contributed by atoms with van der Waals surface area (Å²) in [6.07, 6.45) is -0.385. The molecule has 3 N–H and O–H groups in total. The monoisotopic (exact) mass is 262 g/mol. The number of nitrogen functional groups attached to an aromatic ring is 1. The Bertz CT molecular complexity index is 567. The Balaban J connectivity index is 2.31. The first-order valence-corrected chi connectivity index (χ1v) is 6.29. The Hall–Kier alpha value is -1.64. The van der Waals surface area contributed by atoms with Crippen molar-refractivity contribution < 1.29 is 17.1 Å². The highest BCUT2D eigenvalue weighted by molar-refractivity contribution is 7.87. The number of aryl methyl sites for hydroxylation is 1. The lowest BCUT2D eigenvalue weighted by Crippen LogP contribution is -2.27. The van der Waals surface area contributed by atoms with Crippen LogP contribution in [0, 0.1) is 6.92 Å². The first-order chi connectivity index (χ1) is 7.80. The van der Waals surface area contributed by atoms with Gasteiger partial charge in [-0.15, -0.1) is 3.89 Å². The van der Waals surface area contributed by atoms with E-state index in [0.29, 0.717) is 5.69 Å². The zero-order valence-electron chi connectivity index (χ0n) is 8.97. The van der Waals surface area contributed by atoms with Crippen molar-refractivity contribution >= 4 is 27.6 Å². The van der Waals surface area contributed by atoms with Crippen LogP contribution in [-0.4, -0.2) is 36.3 Å². The summed E-state index contributed by atoms with van der Waals surface area (Å²) in [6.45, 7) is 1.40. The quantitative estimate of drug-likeness (QED) is 0.711. The van der Waals surface area contributed by atoms with Crippen molar-refractivity contribution in [3.63, 3.8) is 0 Å². The van der Waals surface area contributed by atoms with Crippen LogP contribution < -0.4 is 10.6 Å². The molecule has 0 bridgehead atoms. The summed E-state index contributed by atoms with van der Waals surface area (Å²) < 4.78 is 34.3. The number of amides is 1. The highest BCUT2D eigenvalue weighted by Gasteiger charge is 2.40. The van der Waals surface area contributed by atoms with E-state index in [9.17, 15) is 17.1 Å². The van der Waals surface area contributed by atoms with Gasteiger partial charge in [0.25, 0.3) is 0 Å². The van der Waals surface area contributed by atoms with Gasteiger partial charge < -0.3 is 5.73 Å². The maximum Gasteiger partial charge on any atom is 0.307 e. The molecule has 94 valence electrons. The van der Waals surface area contributed by atoms with E-state index in [0.717, 1.165) is 4.90 Å². The van der Waals surface area contributed by atoms with E-state index in [-0.39, 0.29) is 24.5 Å². The van der Waals surface area contributed by atoms with Gasteiger partial charge in [-0.2, -0.15) is 13.5 Å². The molecule has 1 amide bonds. The average molecular weight is 262 g/mol.